The first-order valence-electron chi connectivity index (χ1n) is 8.43. The van der Waals surface area contributed by atoms with Crippen molar-refractivity contribution in [1.82, 2.24) is 20.1 Å². The highest BCUT2D eigenvalue weighted by Crippen LogP contribution is 2.19. The Labute approximate surface area is 172 Å². The summed E-state index contributed by atoms with van der Waals surface area (Å²) in [5.41, 5.74) is 2.13. The van der Waals surface area contributed by atoms with Crippen molar-refractivity contribution in [2.45, 2.75) is 12.3 Å². The maximum absolute atomic E-state index is 12.3. The first-order chi connectivity index (χ1) is 13.1. The van der Waals surface area contributed by atoms with Crippen molar-refractivity contribution in [2.75, 3.05) is 12.3 Å². The van der Waals surface area contributed by atoms with E-state index < -0.39 is 0 Å². The first-order valence-corrected chi connectivity index (χ1v) is 10.4. The fourth-order valence-electron chi connectivity index (χ4n) is 2.51. The van der Waals surface area contributed by atoms with Gasteiger partial charge in [-0.2, -0.15) is 16.9 Å². The molecule has 0 aliphatic heterocycles. The summed E-state index contributed by atoms with van der Waals surface area (Å²) in [4.78, 5) is 12.3. The van der Waals surface area contributed by atoms with Crippen molar-refractivity contribution < 1.29 is 4.79 Å². The number of hydrogen-bond donors (Lipinski definition) is 2. The quantitative estimate of drug-likeness (QED) is 0.422. The number of hydrogen-bond acceptors (Lipinski definition) is 4. The number of aromatic amines is 1. The molecule has 2 aromatic carbocycles. The summed E-state index contributed by atoms with van der Waals surface area (Å²) in [7, 11) is 0. The molecule has 140 valence electrons. The number of benzene rings is 2. The predicted molar refractivity (Wildman–Crippen MR) is 113 cm³/mol. The molecule has 2 N–H and O–H groups in total. The minimum Gasteiger partial charge on any atom is -0.354 e. The molecule has 3 rings (SSSR count). The number of rotatable bonds is 8. The average molecular weight is 419 g/mol. The monoisotopic (exact) mass is 418 g/mol. The minimum atomic E-state index is -0.0944. The SMILES string of the molecule is O=C(Cn1c(-c2ccc(Cl)cc2)n[nH]c1=S)NCCSCc1ccccc1. The largest absolute Gasteiger partial charge is 0.354 e. The highest BCUT2D eigenvalue weighted by molar-refractivity contribution is 7.98. The number of amides is 1. The number of nitrogens with one attached hydrogen (secondary N) is 2. The Morgan fingerprint density at radius 1 is 1.19 bits per heavy atom. The van der Waals surface area contributed by atoms with Crippen LogP contribution in [0, 0.1) is 4.77 Å². The van der Waals surface area contributed by atoms with Crippen molar-refractivity contribution in [3.05, 3.63) is 70.0 Å². The highest BCUT2D eigenvalue weighted by Gasteiger charge is 2.12. The Hall–Kier alpha value is -2.09. The Bertz CT molecular complexity index is 938. The van der Waals surface area contributed by atoms with Crippen LogP contribution in [0.1, 0.15) is 5.56 Å². The van der Waals surface area contributed by atoms with Gasteiger partial charge in [-0.1, -0.05) is 41.9 Å². The van der Waals surface area contributed by atoms with Crippen LogP contribution in [0.25, 0.3) is 11.4 Å². The molecular formula is C19H19ClN4OS2. The summed E-state index contributed by atoms with van der Waals surface area (Å²) < 4.78 is 2.10. The van der Waals surface area contributed by atoms with Gasteiger partial charge in [-0.3, -0.25) is 14.5 Å². The lowest BCUT2D eigenvalue weighted by molar-refractivity contribution is -0.121. The van der Waals surface area contributed by atoms with Gasteiger partial charge in [0, 0.05) is 28.6 Å². The molecule has 0 saturated carbocycles. The van der Waals surface area contributed by atoms with E-state index in [0.717, 1.165) is 17.1 Å². The number of thioether (sulfide) groups is 1. The molecule has 0 unspecified atom stereocenters. The summed E-state index contributed by atoms with van der Waals surface area (Å²) in [6, 6.07) is 17.5. The van der Waals surface area contributed by atoms with Crippen LogP contribution in [0.15, 0.2) is 54.6 Å². The molecule has 0 aliphatic carbocycles. The fourth-order valence-corrected chi connectivity index (χ4v) is 3.65. The van der Waals surface area contributed by atoms with Crippen molar-refractivity contribution in [2.24, 2.45) is 0 Å². The second-order valence-corrected chi connectivity index (χ2v) is 7.76. The Morgan fingerprint density at radius 2 is 1.93 bits per heavy atom. The number of halogens is 1. The first kappa shape index (κ1) is 19.7. The molecule has 0 spiro atoms. The van der Waals surface area contributed by atoms with Gasteiger partial charge in [-0.15, -0.1) is 0 Å². The predicted octanol–water partition coefficient (Wildman–Crippen LogP) is 4.31. The van der Waals surface area contributed by atoms with Gasteiger partial charge in [-0.05, 0) is 42.0 Å². The zero-order chi connectivity index (χ0) is 19.1. The minimum absolute atomic E-state index is 0.0944. The summed E-state index contributed by atoms with van der Waals surface area (Å²) >= 11 is 13.0. The molecule has 5 nitrogen and oxygen atoms in total. The smallest absolute Gasteiger partial charge is 0.240 e. The third-order valence-corrected chi connectivity index (χ3v) is 5.44. The molecule has 0 aliphatic rings. The molecule has 0 fully saturated rings. The maximum Gasteiger partial charge on any atom is 0.240 e. The van der Waals surface area contributed by atoms with Gasteiger partial charge in [0.1, 0.15) is 6.54 Å². The molecular weight excluding hydrogens is 400 g/mol. The van der Waals surface area contributed by atoms with Crippen LogP contribution in [0.2, 0.25) is 5.02 Å². The second-order valence-electron chi connectivity index (χ2n) is 5.83. The van der Waals surface area contributed by atoms with Crippen LogP contribution in [0.4, 0.5) is 0 Å². The van der Waals surface area contributed by atoms with Gasteiger partial charge in [-0.25, -0.2) is 0 Å². The van der Waals surface area contributed by atoms with E-state index in [9.17, 15) is 4.79 Å². The van der Waals surface area contributed by atoms with E-state index in [0.29, 0.717) is 22.2 Å². The van der Waals surface area contributed by atoms with Crippen LogP contribution in [0.3, 0.4) is 0 Å². The molecule has 27 heavy (non-hydrogen) atoms. The lowest BCUT2D eigenvalue weighted by atomic mass is 10.2. The van der Waals surface area contributed by atoms with E-state index in [4.69, 9.17) is 23.8 Å². The fraction of sp³-hybridized carbons (Fsp3) is 0.211. The molecule has 1 heterocycles. The van der Waals surface area contributed by atoms with E-state index in [-0.39, 0.29) is 12.5 Å². The van der Waals surface area contributed by atoms with Crippen LogP contribution in [-0.2, 0) is 17.1 Å². The molecule has 0 radical (unpaired) electrons. The molecule has 0 bridgehead atoms. The summed E-state index contributed by atoms with van der Waals surface area (Å²) in [6.45, 7) is 0.731. The third kappa shape index (κ3) is 5.69. The van der Waals surface area contributed by atoms with E-state index in [1.807, 2.05) is 30.3 Å². The van der Waals surface area contributed by atoms with E-state index in [1.165, 1.54) is 5.56 Å². The van der Waals surface area contributed by atoms with Gasteiger partial charge in [0.05, 0.1) is 0 Å². The number of H-pyrrole nitrogens is 1. The topological polar surface area (TPSA) is 62.7 Å². The molecule has 3 aromatic rings. The van der Waals surface area contributed by atoms with E-state index >= 15 is 0 Å². The second kappa shape index (κ2) is 9.73. The number of aromatic nitrogens is 3. The number of carbonyl (C=O) groups is 1. The number of nitrogens with zero attached hydrogens (tertiary/aromatic N) is 2. The summed E-state index contributed by atoms with van der Waals surface area (Å²) in [6.07, 6.45) is 0. The van der Waals surface area contributed by atoms with Crippen LogP contribution >= 0.6 is 35.6 Å². The van der Waals surface area contributed by atoms with E-state index in [1.54, 1.807) is 28.5 Å². The van der Waals surface area contributed by atoms with Crippen molar-refractivity contribution in [3.8, 4) is 11.4 Å². The molecule has 0 saturated heterocycles. The third-order valence-electron chi connectivity index (χ3n) is 3.84. The summed E-state index contributed by atoms with van der Waals surface area (Å²) in [5.74, 6) is 2.30. The Kier molecular flexibility index (Phi) is 7.09. The highest BCUT2D eigenvalue weighted by atomic mass is 35.5. The molecule has 8 heteroatoms. The Balaban J connectivity index is 1.50. The van der Waals surface area contributed by atoms with Crippen molar-refractivity contribution in [3.63, 3.8) is 0 Å². The van der Waals surface area contributed by atoms with Gasteiger partial charge in [0.15, 0.2) is 10.6 Å². The normalized spacial score (nSPS) is 10.7. The lowest BCUT2D eigenvalue weighted by Crippen LogP contribution is -2.29. The average Bonchev–Trinajstić information content (AvgIpc) is 3.03. The van der Waals surface area contributed by atoms with Crippen LogP contribution in [-0.4, -0.2) is 33.0 Å². The molecule has 0 atom stereocenters. The van der Waals surface area contributed by atoms with Gasteiger partial charge >= 0.3 is 0 Å². The van der Waals surface area contributed by atoms with Crippen molar-refractivity contribution in [1.29, 1.82) is 0 Å². The zero-order valence-electron chi connectivity index (χ0n) is 14.5. The van der Waals surface area contributed by atoms with Crippen molar-refractivity contribution >= 4 is 41.5 Å². The molecule has 1 aromatic heterocycles. The van der Waals surface area contributed by atoms with Crippen LogP contribution in [0.5, 0.6) is 0 Å². The van der Waals surface area contributed by atoms with Gasteiger partial charge in [0.25, 0.3) is 0 Å². The molecule has 1 amide bonds. The van der Waals surface area contributed by atoms with E-state index in [2.05, 4.69) is 27.6 Å². The van der Waals surface area contributed by atoms with Crippen LogP contribution < -0.4 is 5.32 Å². The standard InChI is InChI=1S/C19H19ClN4OS2/c20-16-8-6-15(7-9-16)18-22-23-19(26)24(18)12-17(25)21-10-11-27-13-14-4-2-1-3-5-14/h1-9H,10-13H2,(H,21,25)(H,23,26). The summed E-state index contributed by atoms with van der Waals surface area (Å²) in [5, 5.41) is 10.6. The number of carbonyl (C=O) groups excluding carboxylic acids is 1. The van der Waals surface area contributed by atoms with Gasteiger partial charge in [0.2, 0.25) is 5.91 Å². The Morgan fingerprint density at radius 3 is 2.67 bits per heavy atom. The maximum atomic E-state index is 12.3. The van der Waals surface area contributed by atoms with Gasteiger partial charge < -0.3 is 5.32 Å². The lowest BCUT2D eigenvalue weighted by Gasteiger charge is -2.08. The zero-order valence-corrected chi connectivity index (χ0v) is 16.9.